The van der Waals surface area contributed by atoms with Crippen LogP contribution in [0.5, 0.6) is 5.75 Å². The van der Waals surface area contributed by atoms with Gasteiger partial charge in [-0.05, 0) is 97.9 Å². The van der Waals surface area contributed by atoms with Gasteiger partial charge in [-0.3, -0.25) is 48.1 Å². The lowest BCUT2D eigenvalue weighted by molar-refractivity contribution is -0.158. The lowest BCUT2D eigenvalue weighted by Gasteiger charge is -2.39. The molecule has 0 atom stereocenters. The lowest BCUT2D eigenvalue weighted by atomic mass is 9.78. The Morgan fingerprint density at radius 3 is 1.34 bits per heavy atom. The first-order valence-electron chi connectivity index (χ1n) is 34.1. The predicted molar refractivity (Wildman–Crippen MR) is 371 cm³/mol. The molecular weight excluding hydrogens is 1370 g/mol. The number of rotatable bonds is 39. The van der Waals surface area contributed by atoms with Gasteiger partial charge in [0.2, 0.25) is 5.91 Å². The average molecular weight is 1470 g/mol. The van der Waals surface area contributed by atoms with E-state index in [1.54, 1.807) is 18.2 Å². The van der Waals surface area contributed by atoms with E-state index in [1.165, 1.54) is 16.4 Å². The fourth-order valence-electron chi connectivity index (χ4n) is 10.5. The molecule has 0 spiro atoms. The maximum absolute atomic E-state index is 14.7. The largest absolute Gasteiger partial charge is 0.490 e. The number of para-hydroxylation sites is 1. The SMILES string of the molecule is CC(C)(C)OC(=O)CN1CCN(CC(=O)NCCOCCOCCOCCOCCOCCOCCOCCOCCOc2cc(Cl)c(-c3cnc(C(F)(F)F)cc3C#N)cc2S(=O)(=O)N2CCC(C)(C)c3ccccc32)CCN(CC(=O)OC(C)(C)C)CCN(CC(=O)OC(C)(C)C)CC1. The van der Waals surface area contributed by atoms with Gasteiger partial charge in [0.15, 0.2) is 0 Å². The van der Waals surface area contributed by atoms with Crippen LogP contribution in [0.3, 0.4) is 0 Å². The molecule has 101 heavy (non-hydrogen) atoms. The average Bonchev–Trinajstić information content (AvgIpc) is 0.742. The Labute approximate surface area is 598 Å². The number of benzene rings is 2. The molecule has 1 aromatic heterocycles. The Kier molecular flexibility index (Phi) is 35.8. The van der Waals surface area contributed by atoms with Crippen LogP contribution >= 0.6 is 11.6 Å². The molecule has 0 radical (unpaired) electrons. The summed E-state index contributed by atoms with van der Waals surface area (Å²) in [6.45, 7) is 29.2. The molecule has 1 amide bonds. The van der Waals surface area contributed by atoms with Gasteiger partial charge in [-0.2, -0.15) is 18.4 Å². The fraction of sp³-hybridized carbons (Fsp3) is 0.686. The van der Waals surface area contributed by atoms with Gasteiger partial charge >= 0.3 is 24.1 Å². The van der Waals surface area contributed by atoms with E-state index in [-0.39, 0.29) is 128 Å². The summed E-state index contributed by atoms with van der Waals surface area (Å²) in [7, 11) is -4.40. The molecule has 2 aliphatic heterocycles. The summed E-state index contributed by atoms with van der Waals surface area (Å²) in [5, 5.41) is 12.7. The van der Waals surface area contributed by atoms with Gasteiger partial charge in [0, 0.05) is 88.8 Å². The fourth-order valence-corrected chi connectivity index (χ4v) is 12.4. The number of fused-ring (bicyclic) bond motifs is 1. The van der Waals surface area contributed by atoms with Crippen molar-refractivity contribution < 1.29 is 97.6 Å². The molecule has 0 saturated carbocycles. The Balaban J connectivity index is 0.894. The van der Waals surface area contributed by atoms with E-state index in [4.69, 9.17) is 68.4 Å². The first-order valence-corrected chi connectivity index (χ1v) is 36.0. The summed E-state index contributed by atoms with van der Waals surface area (Å²) >= 11 is 6.68. The minimum absolute atomic E-state index is 0.0218. The van der Waals surface area contributed by atoms with Gasteiger partial charge in [0.25, 0.3) is 10.0 Å². The number of amides is 1. The van der Waals surface area contributed by atoms with E-state index >= 15 is 0 Å². The number of ether oxygens (including phenoxy) is 12. The Morgan fingerprint density at radius 1 is 0.554 bits per heavy atom. The number of carbonyl (C=O) groups is 4. The summed E-state index contributed by atoms with van der Waals surface area (Å²) < 4.78 is 139. The highest BCUT2D eigenvalue weighted by molar-refractivity contribution is 7.93. The Morgan fingerprint density at radius 2 is 0.941 bits per heavy atom. The second-order valence-corrected chi connectivity index (χ2v) is 29.9. The van der Waals surface area contributed by atoms with Gasteiger partial charge < -0.3 is 62.2 Å². The minimum Gasteiger partial charge on any atom is -0.490 e. The van der Waals surface area contributed by atoms with Crippen LogP contribution in [0.2, 0.25) is 5.02 Å². The van der Waals surface area contributed by atoms with E-state index in [2.05, 4.69) is 10.3 Å². The number of anilines is 1. The van der Waals surface area contributed by atoms with Crippen LogP contribution in [0.1, 0.15) is 99.4 Å². The molecule has 0 bridgehead atoms. The molecular formula is C70H106ClF3N8O18S. The van der Waals surface area contributed by atoms with Crippen molar-refractivity contribution in [3.05, 3.63) is 70.5 Å². The van der Waals surface area contributed by atoms with Crippen molar-refractivity contribution in [2.75, 3.05) is 208 Å². The van der Waals surface area contributed by atoms with Crippen LogP contribution in [0.15, 0.2) is 53.6 Å². The van der Waals surface area contributed by atoms with Crippen LogP contribution < -0.4 is 14.4 Å². The first kappa shape index (κ1) is 85.8. The summed E-state index contributed by atoms with van der Waals surface area (Å²) in [6, 6.07) is 12.0. The molecule has 3 aromatic rings. The predicted octanol–water partition coefficient (Wildman–Crippen LogP) is 7.04. The van der Waals surface area contributed by atoms with E-state index in [0.29, 0.717) is 150 Å². The number of nitrogens with zero attached hydrogens (tertiary/aromatic N) is 7. The topological polar surface area (TPSA) is 278 Å². The third-order valence-electron chi connectivity index (χ3n) is 15.3. The van der Waals surface area contributed by atoms with Gasteiger partial charge in [0.1, 0.15) is 39.7 Å². The highest BCUT2D eigenvalue weighted by atomic mass is 35.5. The van der Waals surface area contributed by atoms with Crippen LogP contribution in [-0.4, -0.2) is 278 Å². The molecule has 0 aliphatic carbocycles. The number of sulfonamides is 1. The quantitative estimate of drug-likeness (QED) is 0.0340. The summed E-state index contributed by atoms with van der Waals surface area (Å²) in [6.07, 6.45) is -3.48. The van der Waals surface area contributed by atoms with Gasteiger partial charge in [-0.15, -0.1) is 0 Å². The highest BCUT2D eigenvalue weighted by Crippen LogP contribution is 2.45. The van der Waals surface area contributed by atoms with Crippen molar-refractivity contribution in [1.29, 1.82) is 5.26 Å². The van der Waals surface area contributed by atoms with Crippen LogP contribution in [-0.2, 0) is 92.9 Å². The summed E-state index contributed by atoms with van der Waals surface area (Å²) in [5.74, 6) is -1.46. The minimum atomic E-state index is -4.82. The van der Waals surface area contributed by atoms with Crippen molar-refractivity contribution in [2.45, 2.75) is 116 Å². The molecule has 1 N–H and O–H groups in total. The van der Waals surface area contributed by atoms with Crippen LogP contribution in [0, 0.1) is 11.3 Å². The number of carbonyl (C=O) groups excluding carboxylic acids is 4. The number of pyridine rings is 1. The number of nitriles is 1. The molecule has 31 heteroatoms. The van der Waals surface area contributed by atoms with Crippen molar-refractivity contribution in [1.82, 2.24) is 29.9 Å². The van der Waals surface area contributed by atoms with Crippen molar-refractivity contribution in [2.24, 2.45) is 0 Å². The van der Waals surface area contributed by atoms with E-state index in [1.807, 2.05) is 108 Å². The number of hydrogen-bond acceptors (Lipinski definition) is 24. The van der Waals surface area contributed by atoms with Crippen molar-refractivity contribution in [3.63, 3.8) is 0 Å². The molecule has 1 fully saturated rings. The smallest absolute Gasteiger partial charge is 0.433 e. The standard InChI is InChI=1S/C70H106ClF3N8O18S/c1-66(2,3)98-63(84)50-79-21-19-78(20-22-80(51-64(85)99-67(4,5)6)24-26-81(25-23-79)52-65(86)100-68(7,8)9)49-62(83)76-17-27-89-28-29-90-30-31-91-32-33-92-34-35-93-36-37-94-38-39-95-40-41-96-42-43-97-59-46-57(71)54(55-48-77-61(70(72,73)74)44-53(55)47-75)45-60(59)101(87,88)82-18-16-69(10,11)56-14-12-13-15-58(56)82/h12-15,44-46,48H,16-43,49-52H2,1-11H3,(H,76,83). The van der Waals surface area contributed by atoms with E-state index < -0.39 is 44.3 Å². The Bertz CT molecular complexity index is 3170. The highest BCUT2D eigenvalue weighted by Gasteiger charge is 2.39. The number of aromatic nitrogens is 1. The third-order valence-corrected chi connectivity index (χ3v) is 17.5. The normalized spacial score (nSPS) is 15.8. The summed E-state index contributed by atoms with van der Waals surface area (Å²) in [4.78, 5) is 63.5. The van der Waals surface area contributed by atoms with E-state index in [0.717, 1.165) is 11.8 Å². The molecule has 2 aliphatic rings. The third kappa shape index (κ3) is 32.8. The number of nitrogens with one attached hydrogen (secondary N) is 1. The second kappa shape index (κ2) is 42.2. The van der Waals surface area contributed by atoms with Gasteiger partial charge in [-0.25, -0.2) is 8.42 Å². The maximum atomic E-state index is 14.7. The number of halogens is 4. The molecule has 1 saturated heterocycles. The lowest BCUT2D eigenvalue weighted by Crippen LogP contribution is -2.50. The number of alkyl halides is 3. The van der Waals surface area contributed by atoms with E-state index in [9.17, 15) is 46.0 Å². The molecule has 568 valence electrons. The monoisotopic (exact) mass is 1470 g/mol. The Hall–Kier alpha value is -5.89. The zero-order valence-corrected chi connectivity index (χ0v) is 62.2. The van der Waals surface area contributed by atoms with Crippen LogP contribution in [0.4, 0.5) is 18.9 Å². The number of esters is 3. The molecule has 2 aromatic carbocycles. The van der Waals surface area contributed by atoms with Gasteiger partial charge in [-0.1, -0.05) is 43.6 Å². The zero-order chi connectivity index (χ0) is 74.3. The zero-order valence-electron chi connectivity index (χ0n) is 60.6. The maximum Gasteiger partial charge on any atom is 0.433 e. The molecule has 3 heterocycles. The first-order chi connectivity index (χ1) is 47.6. The molecule has 0 unspecified atom stereocenters. The second-order valence-electron chi connectivity index (χ2n) is 27.7. The number of hydrogen-bond donors (Lipinski definition) is 1. The molecule has 5 rings (SSSR count). The van der Waals surface area contributed by atoms with Crippen LogP contribution in [0.25, 0.3) is 11.1 Å². The van der Waals surface area contributed by atoms with Gasteiger partial charge in [0.05, 0.1) is 154 Å². The molecule has 26 nitrogen and oxygen atoms in total. The van der Waals surface area contributed by atoms with Crippen molar-refractivity contribution in [3.8, 4) is 22.9 Å². The summed E-state index contributed by atoms with van der Waals surface area (Å²) in [5.41, 5.74) is -2.86. The van der Waals surface area contributed by atoms with Crippen molar-refractivity contribution >= 4 is 51.1 Å².